The quantitative estimate of drug-likeness (QED) is 0.886. The third-order valence-electron chi connectivity index (χ3n) is 2.53. The molecule has 0 aliphatic rings. The minimum atomic E-state index is -0.157. The average molecular weight is 261 g/mol. The van der Waals surface area contributed by atoms with Gasteiger partial charge in [0.25, 0.3) is 0 Å². The van der Waals surface area contributed by atoms with E-state index in [1.54, 1.807) is 55.6 Å². The number of carbonyl (C=O) groups is 1. The van der Waals surface area contributed by atoms with Gasteiger partial charge in [0.15, 0.2) is 11.5 Å². The van der Waals surface area contributed by atoms with Crippen LogP contribution in [0.5, 0.6) is 11.5 Å². The first-order valence-corrected chi connectivity index (χ1v) is 5.72. The van der Waals surface area contributed by atoms with Gasteiger partial charge in [0.05, 0.1) is 14.2 Å². The van der Waals surface area contributed by atoms with E-state index in [1.165, 1.54) is 0 Å². The van der Waals surface area contributed by atoms with Crippen LogP contribution < -0.4 is 14.8 Å². The van der Waals surface area contributed by atoms with E-state index in [0.717, 1.165) is 0 Å². The lowest BCUT2D eigenvalue weighted by Crippen LogP contribution is -2.18. The van der Waals surface area contributed by atoms with E-state index in [1.807, 2.05) is 0 Å². The number of nitrogens with one attached hydrogen (secondary N) is 1. The Labute approximate surface area is 110 Å². The van der Waals surface area contributed by atoms with E-state index >= 15 is 0 Å². The Kier molecular flexibility index (Phi) is 4.02. The second-order valence-electron chi connectivity index (χ2n) is 3.82. The number of rotatable bonds is 5. The molecule has 1 aromatic heterocycles. The van der Waals surface area contributed by atoms with Crippen LogP contribution in [0.3, 0.4) is 0 Å². The SMILES string of the molecule is COc1ccc(NC(=O)Cn2cccn2)cc1OC. The van der Waals surface area contributed by atoms with Gasteiger partial charge >= 0.3 is 0 Å². The van der Waals surface area contributed by atoms with E-state index in [-0.39, 0.29) is 12.5 Å². The number of aromatic nitrogens is 2. The van der Waals surface area contributed by atoms with Crippen LogP contribution in [0.1, 0.15) is 0 Å². The Balaban J connectivity index is 2.04. The molecule has 1 heterocycles. The van der Waals surface area contributed by atoms with Gasteiger partial charge in [0, 0.05) is 24.1 Å². The fraction of sp³-hybridized carbons (Fsp3) is 0.231. The summed E-state index contributed by atoms with van der Waals surface area (Å²) in [5.74, 6) is 1.03. The van der Waals surface area contributed by atoms with Crippen LogP contribution in [0.4, 0.5) is 5.69 Å². The van der Waals surface area contributed by atoms with Crippen molar-refractivity contribution < 1.29 is 14.3 Å². The lowest BCUT2D eigenvalue weighted by Gasteiger charge is -2.10. The van der Waals surface area contributed by atoms with Gasteiger partial charge in [-0.15, -0.1) is 0 Å². The zero-order valence-electron chi connectivity index (χ0n) is 10.8. The molecule has 0 aliphatic heterocycles. The van der Waals surface area contributed by atoms with Crippen LogP contribution in [-0.4, -0.2) is 29.9 Å². The molecule has 2 rings (SSSR count). The molecule has 100 valence electrons. The van der Waals surface area contributed by atoms with Crippen molar-refractivity contribution in [1.82, 2.24) is 9.78 Å². The van der Waals surface area contributed by atoms with Gasteiger partial charge in [0.1, 0.15) is 6.54 Å². The largest absolute Gasteiger partial charge is 0.493 e. The molecule has 1 N–H and O–H groups in total. The number of carbonyl (C=O) groups excluding carboxylic acids is 1. The van der Waals surface area contributed by atoms with Crippen LogP contribution in [0.15, 0.2) is 36.7 Å². The highest BCUT2D eigenvalue weighted by molar-refractivity contribution is 5.90. The number of ether oxygens (including phenoxy) is 2. The molecule has 0 atom stereocenters. The Morgan fingerprint density at radius 3 is 2.74 bits per heavy atom. The highest BCUT2D eigenvalue weighted by atomic mass is 16.5. The number of hydrogen-bond donors (Lipinski definition) is 1. The van der Waals surface area contributed by atoms with Gasteiger partial charge < -0.3 is 14.8 Å². The fourth-order valence-corrected chi connectivity index (χ4v) is 1.66. The van der Waals surface area contributed by atoms with Crippen molar-refractivity contribution in [3.63, 3.8) is 0 Å². The summed E-state index contributed by atoms with van der Waals surface area (Å²) in [5, 5.41) is 6.74. The van der Waals surface area contributed by atoms with Crippen LogP contribution >= 0.6 is 0 Å². The highest BCUT2D eigenvalue weighted by Crippen LogP contribution is 2.29. The molecule has 0 bridgehead atoms. The predicted molar refractivity (Wildman–Crippen MR) is 70.4 cm³/mol. The summed E-state index contributed by atoms with van der Waals surface area (Å²) in [6, 6.07) is 6.97. The summed E-state index contributed by atoms with van der Waals surface area (Å²) in [4.78, 5) is 11.8. The standard InChI is InChI=1S/C13H15N3O3/c1-18-11-5-4-10(8-12(11)19-2)15-13(17)9-16-7-3-6-14-16/h3-8H,9H2,1-2H3,(H,15,17). The molecule has 1 aromatic carbocycles. The zero-order chi connectivity index (χ0) is 13.7. The van der Waals surface area contributed by atoms with E-state index in [4.69, 9.17) is 9.47 Å². The molecular formula is C13H15N3O3. The first-order valence-electron chi connectivity index (χ1n) is 5.72. The maximum Gasteiger partial charge on any atom is 0.246 e. The third-order valence-corrected chi connectivity index (χ3v) is 2.53. The summed E-state index contributed by atoms with van der Waals surface area (Å²) in [7, 11) is 3.11. The number of nitrogens with zero attached hydrogens (tertiary/aromatic N) is 2. The summed E-state index contributed by atoms with van der Waals surface area (Å²) < 4.78 is 11.9. The Bertz CT molecular complexity index is 552. The van der Waals surface area contributed by atoms with E-state index in [0.29, 0.717) is 17.2 Å². The Morgan fingerprint density at radius 1 is 1.32 bits per heavy atom. The number of hydrogen-bond acceptors (Lipinski definition) is 4. The molecular weight excluding hydrogens is 246 g/mol. The van der Waals surface area contributed by atoms with Gasteiger partial charge in [-0.3, -0.25) is 9.48 Å². The topological polar surface area (TPSA) is 65.4 Å². The number of anilines is 1. The summed E-state index contributed by atoms with van der Waals surface area (Å²) in [6.07, 6.45) is 3.36. The van der Waals surface area contributed by atoms with Crippen LogP contribution in [-0.2, 0) is 11.3 Å². The number of benzene rings is 1. The normalized spacial score (nSPS) is 10.0. The van der Waals surface area contributed by atoms with Gasteiger partial charge in [0.2, 0.25) is 5.91 Å². The monoisotopic (exact) mass is 261 g/mol. The van der Waals surface area contributed by atoms with Crippen molar-refractivity contribution in [1.29, 1.82) is 0 Å². The third kappa shape index (κ3) is 3.25. The summed E-state index contributed by atoms with van der Waals surface area (Å²) in [6.45, 7) is 0.168. The molecule has 0 saturated carbocycles. The first-order chi connectivity index (χ1) is 9.22. The second-order valence-corrected chi connectivity index (χ2v) is 3.82. The van der Waals surface area contributed by atoms with E-state index in [9.17, 15) is 4.79 Å². The van der Waals surface area contributed by atoms with Crippen molar-refractivity contribution in [3.8, 4) is 11.5 Å². The molecule has 6 heteroatoms. The maximum atomic E-state index is 11.8. The van der Waals surface area contributed by atoms with E-state index < -0.39 is 0 Å². The van der Waals surface area contributed by atoms with Crippen molar-refractivity contribution in [2.24, 2.45) is 0 Å². The molecule has 19 heavy (non-hydrogen) atoms. The Hall–Kier alpha value is -2.50. The second kappa shape index (κ2) is 5.90. The first kappa shape index (κ1) is 12.9. The zero-order valence-corrected chi connectivity index (χ0v) is 10.8. The average Bonchev–Trinajstić information content (AvgIpc) is 2.91. The van der Waals surface area contributed by atoms with Gasteiger partial charge in [-0.1, -0.05) is 0 Å². The highest BCUT2D eigenvalue weighted by Gasteiger charge is 2.07. The number of methoxy groups -OCH3 is 2. The fourth-order valence-electron chi connectivity index (χ4n) is 1.66. The molecule has 1 amide bonds. The summed E-state index contributed by atoms with van der Waals surface area (Å²) in [5.41, 5.74) is 0.648. The van der Waals surface area contributed by atoms with Gasteiger partial charge in [-0.25, -0.2) is 0 Å². The number of amides is 1. The van der Waals surface area contributed by atoms with Gasteiger partial charge in [-0.05, 0) is 18.2 Å². The minimum Gasteiger partial charge on any atom is -0.493 e. The van der Waals surface area contributed by atoms with Crippen molar-refractivity contribution in [3.05, 3.63) is 36.7 Å². The molecule has 0 aliphatic carbocycles. The van der Waals surface area contributed by atoms with Crippen molar-refractivity contribution in [2.75, 3.05) is 19.5 Å². The molecule has 0 spiro atoms. The van der Waals surface area contributed by atoms with Gasteiger partial charge in [-0.2, -0.15) is 5.10 Å². The minimum absolute atomic E-state index is 0.157. The van der Waals surface area contributed by atoms with Crippen LogP contribution in [0.2, 0.25) is 0 Å². The van der Waals surface area contributed by atoms with Crippen LogP contribution in [0, 0.1) is 0 Å². The van der Waals surface area contributed by atoms with Crippen LogP contribution in [0.25, 0.3) is 0 Å². The molecule has 0 saturated heterocycles. The van der Waals surface area contributed by atoms with Crippen molar-refractivity contribution in [2.45, 2.75) is 6.54 Å². The molecule has 0 fully saturated rings. The lowest BCUT2D eigenvalue weighted by molar-refractivity contribution is -0.116. The lowest BCUT2D eigenvalue weighted by atomic mass is 10.2. The molecule has 6 nitrogen and oxygen atoms in total. The van der Waals surface area contributed by atoms with Crippen molar-refractivity contribution >= 4 is 11.6 Å². The molecule has 0 radical (unpaired) electrons. The maximum absolute atomic E-state index is 11.8. The molecule has 0 unspecified atom stereocenters. The Morgan fingerprint density at radius 2 is 2.11 bits per heavy atom. The smallest absolute Gasteiger partial charge is 0.246 e. The predicted octanol–water partition coefficient (Wildman–Crippen LogP) is 1.54. The van der Waals surface area contributed by atoms with E-state index in [2.05, 4.69) is 10.4 Å². The molecule has 2 aromatic rings. The summed E-state index contributed by atoms with van der Waals surface area (Å²) >= 11 is 0.